The molecule has 1 aliphatic rings. The Morgan fingerprint density at radius 1 is 0.923 bits per heavy atom. The molecule has 0 atom stereocenters. The predicted octanol–water partition coefficient (Wildman–Crippen LogP) is 4.89. The predicted molar refractivity (Wildman–Crippen MR) is 64.0 cm³/mol. The Labute approximate surface area is 84.1 Å². The lowest BCUT2D eigenvalue weighted by Gasteiger charge is -1.95. The molecule has 0 saturated heterocycles. The van der Waals surface area contributed by atoms with Crippen molar-refractivity contribution in [1.82, 2.24) is 0 Å². The van der Waals surface area contributed by atoms with Gasteiger partial charge in [-0.2, -0.15) is 0 Å². The highest BCUT2D eigenvalue weighted by Gasteiger charge is 1.91. The molecule has 0 radical (unpaired) electrons. The molecule has 0 aromatic heterocycles. The van der Waals surface area contributed by atoms with E-state index >= 15 is 0 Å². The molecule has 1 aliphatic carbocycles. The van der Waals surface area contributed by atoms with Crippen molar-refractivity contribution in [2.45, 2.75) is 48.0 Å². The Morgan fingerprint density at radius 2 is 1.46 bits per heavy atom. The van der Waals surface area contributed by atoms with Crippen molar-refractivity contribution in [1.29, 1.82) is 0 Å². The van der Waals surface area contributed by atoms with Gasteiger partial charge in [0.05, 0.1) is 0 Å². The van der Waals surface area contributed by atoms with Crippen LogP contribution in [0.5, 0.6) is 0 Å². The number of allylic oxidation sites excluding steroid dienone is 6. The summed E-state index contributed by atoms with van der Waals surface area (Å²) in [4.78, 5) is 0. The van der Waals surface area contributed by atoms with Crippen molar-refractivity contribution in [2.24, 2.45) is 0 Å². The summed E-state index contributed by atoms with van der Waals surface area (Å²) >= 11 is 0. The Hall–Kier alpha value is -0.780. The lowest BCUT2D eigenvalue weighted by Crippen LogP contribution is -1.75. The molecule has 13 heavy (non-hydrogen) atoms. The molecule has 76 valence electrons. The lowest BCUT2D eigenvalue weighted by atomic mass is 10.1. The van der Waals surface area contributed by atoms with Crippen LogP contribution in [0.25, 0.3) is 0 Å². The minimum atomic E-state index is 1.11. The van der Waals surface area contributed by atoms with Crippen LogP contribution in [0.15, 0.2) is 35.5 Å². The summed E-state index contributed by atoms with van der Waals surface area (Å²) in [5, 5.41) is 0. The molecule has 0 aromatic rings. The molecular weight excluding hydrogens is 156 g/mol. The molecule has 0 nitrogen and oxygen atoms in total. The summed E-state index contributed by atoms with van der Waals surface area (Å²) in [5.41, 5.74) is 2.88. The van der Waals surface area contributed by atoms with E-state index in [2.05, 4.69) is 38.2 Å². The Kier molecular flexibility index (Phi) is 12.7. The summed E-state index contributed by atoms with van der Waals surface area (Å²) in [6, 6.07) is 0. The van der Waals surface area contributed by atoms with Crippen molar-refractivity contribution >= 4 is 0 Å². The first-order chi connectivity index (χ1) is 6.30. The maximum absolute atomic E-state index is 2.18. The maximum Gasteiger partial charge on any atom is -0.0133 e. The van der Waals surface area contributed by atoms with E-state index in [4.69, 9.17) is 0 Å². The van der Waals surface area contributed by atoms with E-state index in [1.165, 1.54) is 11.1 Å². The van der Waals surface area contributed by atoms with Gasteiger partial charge in [-0.15, -0.1) is 0 Å². The largest absolute Gasteiger partial charge is 0.0805 e. The van der Waals surface area contributed by atoms with Crippen molar-refractivity contribution in [2.75, 3.05) is 0 Å². The minimum absolute atomic E-state index is 1.11. The van der Waals surface area contributed by atoms with Gasteiger partial charge in [0.1, 0.15) is 0 Å². The highest BCUT2D eigenvalue weighted by Crippen LogP contribution is 2.12. The van der Waals surface area contributed by atoms with E-state index in [1.54, 1.807) is 0 Å². The Bertz CT molecular complexity index is 180. The normalized spacial score (nSPS) is 13.7. The molecule has 0 bridgehead atoms. The Morgan fingerprint density at radius 3 is 2.00 bits per heavy atom. The average Bonchev–Trinajstić information content (AvgIpc) is 2.39. The molecule has 0 saturated carbocycles. The minimum Gasteiger partial charge on any atom is -0.0805 e. The number of hydrogen-bond donors (Lipinski definition) is 0. The van der Waals surface area contributed by atoms with E-state index in [9.17, 15) is 0 Å². The van der Waals surface area contributed by atoms with E-state index in [0.29, 0.717) is 0 Å². The van der Waals surface area contributed by atoms with Gasteiger partial charge in [-0.3, -0.25) is 0 Å². The average molecular weight is 180 g/mol. The third-order valence-electron chi connectivity index (χ3n) is 1.69. The first kappa shape index (κ1) is 14.7. The van der Waals surface area contributed by atoms with E-state index in [-0.39, 0.29) is 0 Å². The van der Waals surface area contributed by atoms with Crippen molar-refractivity contribution in [3.63, 3.8) is 0 Å². The fraction of sp³-hybridized carbons (Fsp3) is 0.538. The molecule has 0 aliphatic heterocycles. The summed E-state index contributed by atoms with van der Waals surface area (Å²) in [5.74, 6) is 0. The van der Waals surface area contributed by atoms with Crippen LogP contribution < -0.4 is 0 Å². The fourth-order valence-electron chi connectivity index (χ4n) is 0.827. The number of hydrogen-bond acceptors (Lipinski definition) is 0. The molecule has 0 spiro atoms. The van der Waals surface area contributed by atoms with Crippen molar-refractivity contribution < 1.29 is 0 Å². The van der Waals surface area contributed by atoms with Gasteiger partial charge in [-0.1, -0.05) is 63.1 Å². The third kappa shape index (κ3) is 7.58. The van der Waals surface area contributed by atoms with Gasteiger partial charge in [0.2, 0.25) is 0 Å². The molecule has 0 aromatic carbocycles. The fourth-order valence-corrected chi connectivity index (χ4v) is 0.827. The van der Waals surface area contributed by atoms with Gasteiger partial charge in [0.25, 0.3) is 0 Å². The second-order valence-corrected chi connectivity index (χ2v) is 2.45. The standard InChI is InChI=1S/C9H12.2C2H6/c1-8-6-4-3-5-7-9(8)2;2*1-2/h3-6H,7H2,1-2H3;2*1-2H3. The zero-order valence-electron chi connectivity index (χ0n) is 10.0. The molecule has 0 heterocycles. The molecular formula is C13H24. The van der Waals surface area contributed by atoms with Crippen LogP contribution in [0.3, 0.4) is 0 Å². The van der Waals surface area contributed by atoms with Crippen molar-refractivity contribution in [3.05, 3.63) is 35.5 Å². The van der Waals surface area contributed by atoms with Crippen LogP contribution in [0, 0.1) is 0 Å². The van der Waals surface area contributed by atoms with Gasteiger partial charge in [-0.25, -0.2) is 0 Å². The number of rotatable bonds is 0. The van der Waals surface area contributed by atoms with Crippen LogP contribution in [-0.4, -0.2) is 0 Å². The highest BCUT2D eigenvalue weighted by molar-refractivity contribution is 5.29. The molecule has 0 unspecified atom stereocenters. The van der Waals surface area contributed by atoms with Crippen LogP contribution in [0.2, 0.25) is 0 Å². The highest BCUT2D eigenvalue weighted by atomic mass is 14.0. The van der Waals surface area contributed by atoms with Gasteiger partial charge in [0.15, 0.2) is 0 Å². The Balaban J connectivity index is 0. The third-order valence-corrected chi connectivity index (χ3v) is 1.69. The van der Waals surface area contributed by atoms with Gasteiger partial charge < -0.3 is 0 Å². The lowest BCUT2D eigenvalue weighted by molar-refractivity contribution is 1.17. The molecule has 0 fully saturated rings. The summed E-state index contributed by atoms with van der Waals surface area (Å²) in [6.07, 6.45) is 9.63. The quantitative estimate of drug-likeness (QED) is 0.498. The second kappa shape index (κ2) is 11.2. The molecule has 0 N–H and O–H groups in total. The van der Waals surface area contributed by atoms with Crippen LogP contribution in [0.1, 0.15) is 48.0 Å². The molecule has 0 amide bonds. The summed E-state index contributed by atoms with van der Waals surface area (Å²) in [7, 11) is 0. The monoisotopic (exact) mass is 180 g/mol. The van der Waals surface area contributed by atoms with Gasteiger partial charge in [-0.05, 0) is 20.3 Å². The second-order valence-electron chi connectivity index (χ2n) is 2.45. The maximum atomic E-state index is 2.18. The van der Waals surface area contributed by atoms with Gasteiger partial charge in [0, 0.05) is 0 Å². The van der Waals surface area contributed by atoms with E-state index in [1.807, 2.05) is 27.7 Å². The molecule has 1 rings (SSSR count). The summed E-state index contributed by atoms with van der Waals surface area (Å²) in [6.45, 7) is 12.3. The van der Waals surface area contributed by atoms with Crippen LogP contribution in [-0.2, 0) is 0 Å². The topological polar surface area (TPSA) is 0 Å². The van der Waals surface area contributed by atoms with Gasteiger partial charge >= 0.3 is 0 Å². The SMILES string of the molecule is CC.CC.CC1=C(C)CC=CC=C1. The first-order valence-electron chi connectivity index (χ1n) is 5.30. The summed E-state index contributed by atoms with van der Waals surface area (Å²) < 4.78 is 0. The smallest absolute Gasteiger partial charge is 0.0133 e. The zero-order valence-corrected chi connectivity index (χ0v) is 10.0. The first-order valence-corrected chi connectivity index (χ1v) is 5.30. The van der Waals surface area contributed by atoms with E-state index in [0.717, 1.165) is 6.42 Å². The van der Waals surface area contributed by atoms with Crippen LogP contribution >= 0.6 is 0 Å². The van der Waals surface area contributed by atoms with Crippen molar-refractivity contribution in [3.8, 4) is 0 Å². The molecule has 0 heteroatoms. The zero-order chi connectivity index (χ0) is 10.7. The van der Waals surface area contributed by atoms with Crippen LogP contribution in [0.4, 0.5) is 0 Å². The van der Waals surface area contributed by atoms with E-state index < -0.39 is 0 Å².